The molecule has 2 rings (SSSR count). The fourth-order valence-corrected chi connectivity index (χ4v) is 2.72. The van der Waals surface area contributed by atoms with Crippen molar-refractivity contribution in [2.45, 2.75) is 20.0 Å². The number of aliphatic hydroxyl groups excluding tert-OH is 2. The second-order valence-corrected chi connectivity index (χ2v) is 5.09. The van der Waals surface area contributed by atoms with Crippen LogP contribution in [0.5, 0.6) is 0 Å². The van der Waals surface area contributed by atoms with E-state index in [-0.39, 0.29) is 6.61 Å². The summed E-state index contributed by atoms with van der Waals surface area (Å²) in [6.07, 6.45) is -0.555. The molecule has 0 aromatic rings. The lowest BCUT2D eigenvalue weighted by Gasteiger charge is -2.23. The minimum atomic E-state index is -0.555. The highest BCUT2D eigenvalue weighted by atomic mass is 16.3. The zero-order chi connectivity index (χ0) is 9.64. The maximum Gasteiger partial charge on any atom is 0.0897 e. The van der Waals surface area contributed by atoms with E-state index >= 15 is 0 Å². The molecule has 2 fully saturated rings. The third-order valence-electron chi connectivity index (χ3n) is 3.88. The Labute approximate surface area is 79.4 Å². The fourth-order valence-electron chi connectivity index (χ4n) is 2.72. The van der Waals surface area contributed by atoms with E-state index in [0.717, 1.165) is 24.9 Å². The highest BCUT2D eigenvalue weighted by Gasteiger charge is 2.61. The van der Waals surface area contributed by atoms with Crippen LogP contribution in [0.3, 0.4) is 0 Å². The van der Waals surface area contributed by atoms with E-state index in [1.807, 2.05) is 0 Å². The Bertz CT molecular complexity index is 191. The third kappa shape index (κ3) is 1.49. The molecular formula is C10H19NO2. The Hall–Kier alpha value is -0.120. The number of β-amino-alcohol motifs (C(OH)–C–C–N with tert-alkyl or cyclic N) is 1. The molecule has 3 nitrogen and oxygen atoms in total. The molecule has 2 N–H and O–H groups in total. The molecule has 76 valence electrons. The van der Waals surface area contributed by atoms with Crippen molar-refractivity contribution in [2.24, 2.45) is 17.3 Å². The van der Waals surface area contributed by atoms with Gasteiger partial charge in [-0.1, -0.05) is 13.8 Å². The average Bonchev–Trinajstić information content (AvgIpc) is 2.54. The minimum Gasteiger partial charge on any atom is -0.394 e. The molecule has 1 aliphatic heterocycles. The van der Waals surface area contributed by atoms with Crippen LogP contribution in [0, 0.1) is 17.3 Å². The quantitative estimate of drug-likeness (QED) is 0.647. The number of rotatable bonds is 3. The van der Waals surface area contributed by atoms with Gasteiger partial charge in [0.15, 0.2) is 0 Å². The molecule has 1 saturated heterocycles. The van der Waals surface area contributed by atoms with Gasteiger partial charge < -0.3 is 15.1 Å². The first kappa shape index (κ1) is 9.44. The van der Waals surface area contributed by atoms with E-state index in [1.54, 1.807) is 0 Å². The molecule has 1 heterocycles. The van der Waals surface area contributed by atoms with E-state index in [1.165, 1.54) is 0 Å². The van der Waals surface area contributed by atoms with Crippen LogP contribution < -0.4 is 0 Å². The second-order valence-electron chi connectivity index (χ2n) is 5.09. The number of fused-ring (bicyclic) bond motifs is 1. The summed E-state index contributed by atoms with van der Waals surface area (Å²) in [5.74, 6) is 1.66. The SMILES string of the molecule is CC1(C)C2CN(CC(O)CO)CC21. The second kappa shape index (κ2) is 2.94. The van der Waals surface area contributed by atoms with Crippen molar-refractivity contribution in [2.75, 3.05) is 26.2 Å². The molecule has 1 saturated carbocycles. The van der Waals surface area contributed by atoms with Gasteiger partial charge in [-0.05, 0) is 17.3 Å². The first-order chi connectivity index (χ1) is 6.05. The molecule has 0 bridgehead atoms. The topological polar surface area (TPSA) is 43.7 Å². The van der Waals surface area contributed by atoms with Gasteiger partial charge in [-0.15, -0.1) is 0 Å². The molecular weight excluding hydrogens is 166 g/mol. The van der Waals surface area contributed by atoms with Crippen molar-refractivity contribution in [3.8, 4) is 0 Å². The van der Waals surface area contributed by atoms with Gasteiger partial charge in [0.25, 0.3) is 0 Å². The molecule has 2 aliphatic rings. The molecule has 3 unspecified atom stereocenters. The van der Waals surface area contributed by atoms with E-state index in [4.69, 9.17) is 5.11 Å². The molecule has 13 heavy (non-hydrogen) atoms. The van der Waals surface area contributed by atoms with Gasteiger partial charge in [0.05, 0.1) is 12.7 Å². The monoisotopic (exact) mass is 185 g/mol. The predicted molar refractivity (Wildman–Crippen MR) is 50.3 cm³/mol. The van der Waals surface area contributed by atoms with Crippen LogP contribution in [0.4, 0.5) is 0 Å². The van der Waals surface area contributed by atoms with E-state index in [0.29, 0.717) is 12.0 Å². The van der Waals surface area contributed by atoms with E-state index in [9.17, 15) is 5.11 Å². The first-order valence-electron chi connectivity index (χ1n) is 5.07. The molecule has 1 aliphatic carbocycles. The molecule has 0 spiro atoms. The summed E-state index contributed by atoms with van der Waals surface area (Å²) >= 11 is 0. The summed E-state index contributed by atoms with van der Waals surface area (Å²) in [5.41, 5.74) is 0.542. The zero-order valence-corrected chi connectivity index (χ0v) is 8.40. The Morgan fingerprint density at radius 1 is 1.38 bits per heavy atom. The van der Waals surface area contributed by atoms with Crippen molar-refractivity contribution in [1.82, 2.24) is 4.90 Å². The number of aliphatic hydroxyl groups is 2. The maximum atomic E-state index is 9.26. The Morgan fingerprint density at radius 3 is 2.38 bits per heavy atom. The summed E-state index contributed by atoms with van der Waals surface area (Å²) in [6, 6.07) is 0. The van der Waals surface area contributed by atoms with Crippen LogP contribution in [-0.4, -0.2) is 47.5 Å². The number of hydrogen-bond acceptors (Lipinski definition) is 3. The van der Waals surface area contributed by atoms with E-state index < -0.39 is 6.10 Å². The molecule has 0 aromatic heterocycles. The predicted octanol–water partition coefficient (Wildman–Crippen LogP) is -0.0726. The Kier molecular flexibility index (Phi) is 2.13. The van der Waals surface area contributed by atoms with Crippen LogP contribution in [0.2, 0.25) is 0 Å². The summed E-state index contributed by atoms with van der Waals surface area (Å²) in [5, 5.41) is 18.0. The summed E-state index contributed by atoms with van der Waals surface area (Å²) < 4.78 is 0. The third-order valence-corrected chi connectivity index (χ3v) is 3.88. The van der Waals surface area contributed by atoms with Gasteiger partial charge in [-0.3, -0.25) is 0 Å². The molecule has 3 heteroatoms. The van der Waals surface area contributed by atoms with Crippen LogP contribution >= 0.6 is 0 Å². The number of likely N-dealkylation sites (tertiary alicyclic amines) is 1. The highest BCUT2D eigenvalue weighted by molar-refractivity contribution is 5.11. The van der Waals surface area contributed by atoms with Gasteiger partial charge in [-0.2, -0.15) is 0 Å². The number of nitrogens with zero attached hydrogens (tertiary/aromatic N) is 1. The smallest absolute Gasteiger partial charge is 0.0897 e. The van der Waals surface area contributed by atoms with Crippen LogP contribution in [-0.2, 0) is 0 Å². The average molecular weight is 185 g/mol. The van der Waals surface area contributed by atoms with Gasteiger partial charge in [0, 0.05) is 19.6 Å². The van der Waals surface area contributed by atoms with Gasteiger partial charge in [-0.25, -0.2) is 0 Å². The fraction of sp³-hybridized carbons (Fsp3) is 1.00. The minimum absolute atomic E-state index is 0.116. The van der Waals surface area contributed by atoms with E-state index in [2.05, 4.69) is 18.7 Å². The molecule has 3 atom stereocenters. The normalized spacial score (nSPS) is 38.8. The van der Waals surface area contributed by atoms with Crippen molar-refractivity contribution in [3.63, 3.8) is 0 Å². The Morgan fingerprint density at radius 2 is 1.92 bits per heavy atom. The summed E-state index contributed by atoms with van der Waals surface area (Å²) in [4.78, 5) is 2.27. The van der Waals surface area contributed by atoms with Gasteiger partial charge in [0.2, 0.25) is 0 Å². The van der Waals surface area contributed by atoms with Crippen molar-refractivity contribution >= 4 is 0 Å². The zero-order valence-electron chi connectivity index (χ0n) is 8.40. The molecule has 0 radical (unpaired) electrons. The van der Waals surface area contributed by atoms with Gasteiger partial charge >= 0.3 is 0 Å². The Balaban J connectivity index is 1.78. The van der Waals surface area contributed by atoms with Gasteiger partial charge in [0.1, 0.15) is 0 Å². The van der Waals surface area contributed by atoms with Crippen molar-refractivity contribution in [3.05, 3.63) is 0 Å². The number of piperidine rings is 1. The van der Waals surface area contributed by atoms with Crippen molar-refractivity contribution < 1.29 is 10.2 Å². The lowest BCUT2D eigenvalue weighted by Crippen LogP contribution is -2.35. The standard InChI is InChI=1S/C10H19NO2/c1-10(2)8-4-11(5-9(8)10)3-7(13)6-12/h7-9,12-13H,3-6H2,1-2H3. The lowest BCUT2D eigenvalue weighted by atomic mass is 10.1. The molecule has 0 amide bonds. The maximum absolute atomic E-state index is 9.26. The van der Waals surface area contributed by atoms with Crippen LogP contribution in [0.15, 0.2) is 0 Å². The largest absolute Gasteiger partial charge is 0.394 e. The summed E-state index contributed by atoms with van der Waals surface area (Å²) in [6.45, 7) is 7.38. The van der Waals surface area contributed by atoms with Crippen molar-refractivity contribution in [1.29, 1.82) is 0 Å². The lowest BCUT2D eigenvalue weighted by molar-refractivity contribution is 0.0596. The highest BCUT2D eigenvalue weighted by Crippen LogP contribution is 2.61. The van der Waals surface area contributed by atoms with Crippen LogP contribution in [0.25, 0.3) is 0 Å². The first-order valence-corrected chi connectivity index (χ1v) is 5.07. The molecule has 0 aromatic carbocycles. The number of hydrogen-bond donors (Lipinski definition) is 2. The summed E-state index contributed by atoms with van der Waals surface area (Å²) in [7, 11) is 0. The van der Waals surface area contributed by atoms with Crippen LogP contribution in [0.1, 0.15) is 13.8 Å².